The summed E-state index contributed by atoms with van der Waals surface area (Å²) in [5.41, 5.74) is 2.30. The molecular weight excluding hydrogens is 600 g/mol. The fourth-order valence-corrected chi connectivity index (χ4v) is 7.64. The van der Waals surface area contributed by atoms with Crippen molar-refractivity contribution in [3.05, 3.63) is 71.8 Å². The van der Waals surface area contributed by atoms with Crippen LogP contribution in [0.3, 0.4) is 0 Å². The molecule has 4 fully saturated rings. The van der Waals surface area contributed by atoms with Gasteiger partial charge >= 0.3 is 0 Å². The normalized spacial score (nSPS) is 36.3. The molecule has 9 heteroatoms. The van der Waals surface area contributed by atoms with Crippen molar-refractivity contribution in [1.82, 2.24) is 0 Å². The van der Waals surface area contributed by atoms with Crippen LogP contribution in [-0.2, 0) is 51.1 Å². The summed E-state index contributed by atoms with van der Waals surface area (Å²) < 4.78 is 50.6. The molecule has 47 heavy (non-hydrogen) atoms. The van der Waals surface area contributed by atoms with Crippen LogP contribution in [0, 0.1) is 11.8 Å². The van der Waals surface area contributed by atoms with Gasteiger partial charge in [0, 0.05) is 38.9 Å². The highest BCUT2D eigenvalue weighted by atomic mass is 16.8. The van der Waals surface area contributed by atoms with Crippen molar-refractivity contribution >= 4 is 0 Å². The van der Waals surface area contributed by atoms with E-state index in [1.165, 1.54) is 0 Å². The molecule has 0 unspecified atom stereocenters. The van der Waals surface area contributed by atoms with Gasteiger partial charge in [-0.15, -0.1) is 0 Å². The first-order valence-corrected chi connectivity index (χ1v) is 17.5. The summed E-state index contributed by atoms with van der Waals surface area (Å²) in [4.78, 5) is 0. The fourth-order valence-electron chi connectivity index (χ4n) is 7.64. The molecule has 0 aromatic heterocycles. The summed E-state index contributed by atoms with van der Waals surface area (Å²) in [5.74, 6) is -1.27. The third-order valence-electron chi connectivity index (χ3n) is 10.4. The van der Waals surface area contributed by atoms with Gasteiger partial charge in [-0.1, -0.05) is 74.5 Å². The monoisotopic (exact) mass is 654 g/mol. The Labute approximate surface area is 280 Å². The molecular formula is C38H54O9. The fraction of sp³-hybridized carbons (Fsp3) is 0.684. The average molecular weight is 655 g/mol. The SMILES string of the molecule is CO[C@H]1CC[C@]2(CC[C@H](C)[C@@H](C[C@H](CCOCc3ccccc3)OCc3ccccc3)O2)O[C@@H]1[C@@H](O)[C@H]1O[C@@H]2OC(C)(C)O[C@@H]2[C@@H]1C. The van der Waals surface area contributed by atoms with E-state index in [2.05, 4.69) is 31.2 Å². The van der Waals surface area contributed by atoms with Crippen molar-refractivity contribution in [2.45, 2.75) is 140 Å². The maximum atomic E-state index is 11.8. The molecule has 1 N–H and O–H groups in total. The highest BCUT2D eigenvalue weighted by molar-refractivity contribution is 5.14. The zero-order valence-corrected chi connectivity index (χ0v) is 28.6. The summed E-state index contributed by atoms with van der Waals surface area (Å²) in [7, 11) is 1.68. The van der Waals surface area contributed by atoms with E-state index in [-0.39, 0.29) is 30.3 Å². The van der Waals surface area contributed by atoms with Gasteiger partial charge in [0.1, 0.15) is 18.3 Å². The van der Waals surface area contributed by atoms with Crippen LogP contribution in [0.4, 0.5) is 0 Å². The van der Waals surface area contributed by atoms with Gasteiger partial charge in [-0.25, -0.2) is 0 Å². The lowest BCUT2D eigenvalue weighted by Crippen LogP contribution is -2.59. The number of aliphatic hydroxyl groups excluding tert-OH is 1. The van der Waals surface area contributed by atoms with Crippen molar-refractivity contribution in [1.29, 1.82) is 0 Å². The highest BCUT2D eigenvalue weighted by Gasteiger charge is 2.58. The lowest BCUT2D eigenvalue weighted by molar-refractivity contribution is -0.356. The van der Waals surface area contributed by atoms with Crippen LogP contribution in [0.15, 0.2) is 60.7 Å². The molecule has 11 atom stereocenters. The maximum Gasteiger partial charge on any atom is 0.187 e. The van der Waals surface area contributed by atoms with Gasteiger partial charge in [-0.05, 0) is 50.2 Å². The van der Waals surface area contributed by atoms with E-state index in [0.717, 1.165) is 36.8 Å². The summed E-state index contributed by atoms with van der Waals surface area (Å²) in [6, 6.07) is 20.5. The molecule has 0 saturated carbocycles. The van der Waals surface area contributed by atoms with Crippen LogP contribution in [0.25, 0.3) is 0 Å². The number of ether oxygens (including phenoxy) is 8. The summed E-state index contributed by atoms with van der Waals surface area (Å²) in [6.45, 7) is 9.75. The van der Waals surface area contributed by atoms with Crippen molar-refractivity contribution < 1.29 is 43.0 Å². The molecule has 0 bridgehead atoms. The Morgan fingerprint density at radius 3 is 2.21 bits per heavy atom. The van der Waals surface area contributed by atoms with E-state index in [1.807, 2.05) is 57.2 Å². The van der Waals surface area contributed by atoms with Gasteiger partial charge in [0.05, 0.1) is 37.6 Å². The molecule has 6 rings (SSSR count). The second-order valence-electron chi connectivity index (χ2n) is 14.4. The Morgan fingerprint density at radius 2 is 1.53 bits per heavy atom. The first kappa shape index (κ1) is 34.9. The van der Waals surface area contributed by atoms with Crippen molar-refractivity contribution in [2.24, 2.45) is 11.8 Å². The van der Waals surface area contributed by atoms with E-state index in [0.29, 0.717) is 38.6 Å². The molecule has 0 radical (unpaired) electrons. The molecule has 0 aliphatic carbocycles. The Hall–Kier alpha value is -1.92. The predicted molar refractivity (Wildman–Crippen MR) is 175 cm³/mol. The summed E-state index contributed by atoms with van der Waals surface area (Å²) in [5, 5.41) is 11.8. The van der Waals surface area contributed by atoms with Crippen LogP contribution < -0.4 is 0 Å². The first-order chi connectivity index (χ1) is 22.7. The molecule has 4 aliphatic heterocycles. The molecule has 4 aliphatic rings. The molecule has 260 valence electrons. The van der Waals surface area contributed by atoms with Gasteiger partial charge < -0.3 is 43.0 Å². The van der Waals surface area contributed by atoms with E-state index in [4.69, 9.17) is 37.9 Å². The topological polar surface area (TPSA) is 94.1 Å². The van der Waals surface area contributed by atoms with Gasteiger partial charge in [-0.3, -0.25) is 0 Å². The van der Waals surface area contributed by atoms with Crippen LogP contribution in [-0.4, -0.2) is 79.4 Å². The highest BCUT2D eigenvalue weighted by Crippen LogP contribution is 2.46. The first-order valence-electron chi connectivity index (χ1n) is 17.5. The van der Waals surface area contributed by atoms with Crippen LogP contribution in [0.2, 0.25) is 0 Å². The average Bonchev–Trinajstić information content (AvgIpc) is 3.55. The second kappa shape index (κ2) is 15.3. The number of aliphatic hydroxyl groups is 1. The third kappa shape index (κ3) is 8.46. The molecule has 1 spiro atoms. The lowest BCUT2D eigenvalue weighted by atomic mass is 9.83. The van der Waals surface area contributed by atoms with E-state index in [9.17, 15) is 5.11 Å². The number of methoxy groups -OCH3 is 1. The largest absolute Gasteiger partial charge is 0.388 e. The molecule has 0 amide bonds. The summed E-state index contributed by atoms with van der Waals surface area (Å²) in [6.07, 6.45) is 1.39. The maximum absolute atomic E-state index is 11.8. The number of fused-ring (bicyclic) bond motifs is 1. The van der Waals surface area contributed by atoms with E-state index >= 15 is 0 Å². The number of benzene rings is 2. The predicted octanol–water partition coefficient (Wildman–Crippen LogP) is 6.15. The van der Waals surface area contributed by atoms with E-state index < -0.39 is 36.2 Å². The molecule has 2 aromatic rings. The number of hydrogen-bond acceptors (Lipinski definition) is 9. The Bertz CT molecular complexity index is 1240. The van der Waals surface area contributed by atoms with Crippen molar-refractivity contribution in [3.8, 4) is 0 Å². The van der Waals surface area contributed by atoms with Crippen LogP contribution in [0.5, 0.6) is 0 Å². The molecule has 2 aromatic carbocycles. The molecule has 4 saturated heterocycles. The van der Waals surface area contributed by atoms with Crippen molar-refractivity contribution in [3.63, 3.8) is 0 Å². The van der Waals surface area contributed by atoms with Crippen LogP contribution in [0.1, 0.15) is 77.3 Å². The van der Waals surface area contributed by atoms with Gasteiger partial charge in [0.15, 0.2) is 17.9 Å². The lowest BCUT2D eigenvalue weighted by Gasteiger charge is -2.51. The minimum absolute atomic E-state index is 0.0540. The molecule has 9 nitrogen and oxygen atoms in total. The quantitative estimate of drug-likeness (QED) is 0.256. The standard InChI is InChI=1S/C38H54O9/c1-25-16-19-38(20-17-30(40-5)35(46-38)32(39)33-26(2)34-36(43-33)47-37(3,4)45-34)44-31(25)22-29(42-24-28-14-10-7-11-15-28)18-21-41-23-27-12-8-6-9-13-27/h6-15,25-26,29-36,39H,16-24H2,1-5H3/t25-,26+,29-,30-,31+,32-,33-,34+,35-,36+,38-/m0/s1. The van der Waals surface area contributed by atoms with Gasteiger partial charge in [0.2, 0.25) is 0 Å². The minimum atomic E-state index is -0.932. The van der Waals surface area contributed by atoms with E-state index in [1.54, 1.807) is 7.11 Å². The summed E-state index contributed by atoms with van der Waals surface area (Å²) >= 11 is 0. The van der Waals surface area contributed by atoms with Gasteiger partial charge in [0.25, 0.3) is 0 Å². The minimum Gasteiger partial charge on any atom is -0.388 e. The van der Waals surface area contributed by atoms with Gasteiger partial charge in [-0.2, -0.15) is 0 Å². The number of hydrogen-bond donors (Lipinski definition) is 1. The Kier molecular flexibility index (Phi) is 11.4. The number of rotatable bonds is 13. The zero-order valence-electron chi connectivity index (χ0n) is 28.6. The second-order valence-corrected chi connectivity index (χ2v) is 14.4. The zero-order chi connectivity index (χ0) is 33.0. The third-order valence-corrected chi connectivity index (χ3v) is 10.4. The van der Waals surface area contributed by atoms with Crippen LogP contribution >= 0.6 is 0 Å². The van der Waals surface area contributed by atoms with Crippen molar-refractivity contribution in [2.75, 3.05) is 13.7 Å². The smallest absolute Gasteiger partial charge is 0.187 e. The Balaban J connectivity index is 1.10. The Morgan fingerprint density at radius 1 is 0.851 bits per heavy atom. The molecule has 4 heterocycles.